The number of likely N-dealkylation sites (N-methyl/N-ethyl adjacent to an activating group) is 1. The second-order valence-electron chi connectivity index (χ2n) is 5.77. The largest absolute Gasteiger partial charge is 0.399 e. The van der Waals surface area contributed by atoms with E-state index in [1.165, 1.54) is 5.39 Å². The lowest BCUT2D eigenvalue weighted by atomic mass is 10.1. The van der Waals surface area contributed by atoms with E-state index < -0.39 is 0 Å². The van der Waals surface area contributed by atoms with Gasteiger partial charge in [0.15, 0.2) is 0 Å². The summed E-state index contributed by atoms with van der Waals surface area (Å²) in [6.45, 7) is 4.19. The number of nitrogens with two attached hydrogens (primary N) is 1. The molecular weight excluding hydrogens is 262 g/mol. The number of anilines is 2. The molecule has 0 radical (unpaired) electrons. The highest BCUT2D eigenvalue weighted by molar-refractivity contribution is 6.09. The fourth-order valence-corrected chi connectivity index (χ4v) is 3.06. The molecule has 0 bridgehead atoms. The van der Waals surface area contributed by atoms with Crippen LogP contribution in [0.3, 0.4) is 0 Å². The van der Waals surface area contributed by atoms with Crippen molar-refractivity contribution >= 4 is 33.3 Å². The van der Waals surface area contributed by atoms with Gasteiger partial charge in [-0.15, -0.1) is 0 Å². The number of nitrogens with one attached hydrogen (secondary N) is 1. The minimum Gasteiger partial charge on any atom is -0.399 e. The van der Waals surface area contributed by atoms with E-state index in [0.717, 1.165) is 54.1 Å². The van der Waals surface area contributed by atoms with Crippen molar-refractivity contribution in [2.24, 2.45) is 0 Å². The van der Waals surface area contributed by atoms with Gasteiger partial charge in [0.2, 0.25) is 0 Å². The Bertz CT molecular complexity index is 799. The molecule has 3 N–H and O–H groups in total. The van der Waals surface area contributed by atoms with Gasteiger partial charge in [-0.3, -0.25) is 0 Å². The second kappa shape index (κ2) is 4.63. The van der Waals surface area contributed by atoms with Crippen LogP contribution in [0.25, 0.3) is 21.8 Å². The fourth-order valence-electron chi connectivity index (χ4n) is 3.06. The van der Waals surface area contributed by atoms with Crippen LogP contribution in [0.15, 0.2) is 30.5 Å². The van der Waals surface area contributed by atoms with Crippen LogP contribution in [0.4, 0.5) is 11.5 Å². The lowest BCUT2D eigenvalue weighted by Gasteiger charge is -2.33. The molecule has 0 aliphatic carbocycles. The Kier molecular flexibility index (Phi) is 2.75. The molecule has 3 aromatic rings. The average molecular weight is 281 g/mol. The molecule has 1 saturated heterocycles. The van der Waals surface area contributed by atoms with Gasteiger partial charge < -0.3 is 20.5 Å². The number of rotatable bonds is 1. The van der Waals surface area contributed by atoms with E-state index >= 15 is 0 Å². The van der Waals surface area contributed by atoms with E-state index in [4.69, 9.17) is 10.7 Å². The molecule has 0 atom stereocenters. The zero-order valence-electron chi connectivity index (χ0n) is 12.1. The number of aromatic nitrogens is 2. The smallest absolute Gasteiger partial charge is 0.138 e. The highest BCUT2D eigenvalue weighted by Crippen LogP contribution is 2.31. The van der Waals surface area contributed by atoms with Gasteiger partial charge in [0.1, 0.15) is 5.82 Å². The van der Waals surface area contributed by atoms with Gasteiger partial charge >= 0.3 is 0 Å². The average Bonchev–Trinajstić information content (AvgIpc) is 2.97. The Balaban J connectivity index is 1.91. The highest BCUT2D eigenvalue weighted by atomic mass is 15.3. The van der Waals surface area contributed by atoms with Crippen molar-refractivity contribution < 1.29 is 0 Å². The first-order chi connectivity index (χ1) is 10.2. The lowest BCUT2D eigenvalue weighted by molar-refractivity contribution is 0.312. The third kappa shape index (κ3) is 2.01. The fraction of sp³-hybridized carbons (Fsp3) is 0.312. The number of pyridine rings is 1. The lowest BCUT2D eigenvalue weighted by Crippen LogP contribution is -2.44. The number of aromatic amines is 1. The van der Waals surface area contributed by atoms with Gasteiger partial charge in [-0.05, 0) is 31.3 Å². The summed E-state index contributed by atoms with van der Waals surface area (Å²) in [5, 5.41) is 2.27. The first-order valence-electron chi connectivity index (χ1n) is 7.32. The Morgan fingerprint density at radius 1 is 1.10 bits per heavy atom. The molecule has 2 aromatic heterocycles. The minimum absolute atomic E-state index is 0.771. The Hall–Kier alpha value is -2.27. The predicted molar refractivity (Wildman–Crippen MR) is 87.7 cm³/mol. The van der Waals surface area contributed by atoms with Gasteiger partial charge in [-0.1, -0.05) is 0 Å². The van der Waals surface area contributed by atoms with Crippen molar-refractivity contribution in [3.05, 3.63) is 30.5 Å². The number of fused-ring (bicyclic) bond motifs is 3. The quantitative estimate of drug-likeness (QED) is 0.670. The van der Waals surface area contributed by atoms with Crippen molar-refractivity contribution in [2.75, 3.05) is 43.9 Å². The van der Waals surface area contributed by atoms with Crippen LogP contribution in [-0.4, -0.2) is 48.1 Å². The highest BCUT2D eigenvalue weighted by Gasteiger charge is 2.19. The molecule has 5 nitrogen and oxygen atoms in total. The second-order valence-corrected chi connectivity index (χ2v) is 5.77. The SMILES string of the molecule is CN1CCN(c2nc3ccc(N)cc3c3[nH]ccc23)CC1. The van der Waals surface area contributed by atoms with Gasteiger partial charge in [-0.2, -0.15) is 0 Å². The third-order valence-electron chi connectivity index (χ3n) is 4.31. The maximum atomic E-state index is 5.92. The third-order valence-corrected chi connectivity index (χ3v) is 4.31. The van der Waals surface area contributed by atoms with E-state index in [1.54, 1.807) is 0 Å². The zero-order valence-corrected chi connectivity index (χ0v) is 12.1. The van der Waals surface area contributed by atoms with Crippen LogP contribution in [-0.2, 0) is 0 Å². The molecule has 0 spiro atoms. The summed E-state index contributed by atoms with van der Waals surface area (Å²) in [6, 6.07) is 8.02. The topological polar surface area (TPSA) is 61.2 Å². The van der Waals surface area contributed by atoms with Crippen molar-refractivity contribution in [3.63, 3.8) is 0 Å². The number of piperazine rings is 1. The maximum Gasteiger partial charge on any atom is 0.138 e. The molecule has 21 heavy (non-hydrogen) atoms. The number of nitrogens with zero attached hydrogens (tertiary/aromatic N) is 3. The standard InChI is InChI=1S/C16H19N5/c1-20-6-8-21(9-7-20)16-12-4-5-18-15(12)13-10-11(17)2-3-14(13)19-16/h2-5,10,18H,6-9,17H2,1H3. The van der Waals surface area contributed by atoms with E-state index in [-0.39, 0.29) is 0 Å². The van der Waals surface area contributed by atoms with Crippen LogP contribution in [0, 0.1) is 0 Å². The Morgan fingerprint density at radius 2 is 1.90 bits per heavy atom. The van der Waals surface area contributed by atoms with Crippen LogP contribution in [0.1, 0.15) is 0 Å². The number of nitrogen functional groups attached to an aromatic ring is 1. The van der Waals surface area contributed by atoms with Gasteiger partial charge in [0, 0.05) is 48.8 Å². The molecule has 0 unspecified atom stereocenters. The molecular formula is C16H19N5. The molecule has 1 aliphatic rings. The number of hydrogen-bond acceptors (Lipinski definition) is 4. The summed E-state index contributed by atoms with van der Waals surface area (Å²) >= 11 is 0. The molecule has 5 heteroatoms. The first-order valence-corrected chi connectivity index (χ1v) is 7.32. The van der Waals surface area contributed by atoms with Crippen LogP contribution in [0.5, 0.6) is 0 Å². The van der Waals surface area contributed by atoms with Gasteiger partial charge in [-0.25, -0.2) is 4.98 Å². The molecule has 1 aromatic carbocycles. The van der Waals surface area contributed by atoms with Gasteiger partial charge in [0.05, 0.1) is 11.0 Å². The summed E-state index contributed by atoms with van der Waals surface area (Å²) in [4.78, 5) is 13.0. The molecule has 0 amide bonds. The van der Waals surface area contributed by atoms with Crippen molar-refractivity contribution in [2.45, 2.75) is 0 Å². The van der Waals surface area contributed by atoms with Crippen molar-refractivity contribution in [1.29, 1.82) is 0 Å². The first kappa shape index (κ1) is 12.5. The van der Waals surface area contributed by atoms with Crippen molar-refractivity contribution in [1.82, 2.24) is 14.9 Å². The van der Waals surface area contributed by atoms with E-state index in [2.05, 4.69) is 27.9 Å². The number of H-pyrrole nitrogens is 1. The number of benzene rings is 1. The molecule has 0 saturated carbocycles. The molecule has 1 aliphatic heterocycles. The molecule has 3 heterocycles. The summed E-state index contributed by atoms with van der Waals surface area (Å²) in [5.41, 5.74) is 8.81. The van der Waals surface area contributed by atoms with Gasteiger partial charge in [0.25, 0.3) is 0 Å². The van der Waals surface area contributed by atoms with E-state index in [0.29, 0.717) is 0 Å². The Morgan fingerprint density at radius 3 is 2.71 bits per heavy atom. The van der Waals surface area contributed by atoms with Crippen LogP contribution in [0.2, 0.25) is 0 Å². The van der Waals surface area contributed by atoms with E-state index in [9.17, 15) is 0 Å². The van der Waals surface area contributed by atoms with Crippen molar-refractivity contribution in [3.8, 4) is 0 Å². The summed E-state index contributed by atoms with van der Waals surface area (Å²) in [7, 11) is 2.17. The minimum atomic E-state index is 0.771. The molecule has 1 fully saturated rings. The van der Waals surface area contributed by atoms with Crippen LogP contribution < -0.4 is 10.6 Å². The van der Waals surface area contributed by atoms with E-state index in [1.807, 2.05) is 24.4 Å². The maximum absolute atomic E-state index is 5.92. The Labute approximate surface area is 123 Å². The van der Waals surface area contributed by atoms with Crippen LogP contribution >= 0.6 is 0 Å². The predicted octanol–water partition coefficient (Wildman–Crippen LogP) is 2.05. The summed E-state index contributed by atoms with van der Waals surface area (Å²) in [5.74, 6) is 1.08. The molecule has 108 valence electrons. The summed E-state index contributed by atoms with van der Waals surface area (Å²) in [6.07, 6.45) is 1.98. The number of hydrogen-bond donors (Lipinski definition) is 2. The monoisotopic (exact) mass is 281 g/mol. The molecule has 4 rings (SSSR count). The normalized spacial score (nSPS) is 16.9. The zero-order chi connectivity index (χ0) is 14.4. The summed E-state index contributed by atoms with van der Waals surface area (Å²) < 4.78 is 0.